The van der Waals surface area contributed by atoms with Crippen LogP contribution in [0.25, 0.3) is 22.3 Å². The quantitative estimate of drug-likeness (QED) is 0.267. The van der Waals surface area contributed by atoms with Crippen LogP contribution in [-0.4, -0.2) is 37.8 Å². The number of ether oxygens (including phenoxy) is 1. The molecule has 1 aliphatic heterocycles. The van der Waals surface area contributed by atoms with Gasteiger partial charge in [0, 0.05) is 40.3 Å². The zero-order valence-electron chi connectivity index (χ0n) is 18.4. The topological polar surface area (TPSA) is 109 Å². The molecule has 2 N–H and O–H groups in total. The van der Waals surface area contributed by atoms with Crippen LogP contribution < -0.4 is 10.1 Å². The number of nitrogens with one attached hydrogen (secondary N) is 1. The van der Waals surface area contributed by atoms with E-state index < -0.39 is 5.82 Å². The molecule has 0 saturated carbocycles. The van der Waals surface area contributed by atoms with Crippen LogP contribution in [0.2, 0.25) is 0 Å². The van der Waals surface area contributed by atoms with Crippen LogP contribution in [0, 0.1) is 21.0 Å². The summed E-state index contributed by atoms with van der Waals surface area (Å²) in [7, 11) is 0. The van der Waals surface area contributed by atoms with Gasteiger partial charge in [0.05, 0.1) is 17.2 Å². The molecule has 34 heavy (non-hydrogen) atoms. The van der Waals surface area contributed by atoms with Gasteiger partial charge in [-0.05, 0) is 56.2 Å². The summed E-state index contributed by atoms with van der Waals surface area (Å²) in [6.07, 6.45) is 0.588. The molecule has 0 radical (unpaired) electrons. The van der Waals surface area contributed by atoms with Gasteiger partial charge in [-0.15, -0.1) is 0 Å². The normalized spacial score (nSPS) is 14.0. The van der Waals surface area contributed by atoms with Gasteiger partial charge in [-0.1, -0.05) is 6.07 Å². The lowest BCUT2D eigenvalue weighted by atomic mass is 9.98. The van der Waals surface area contributed by atoms with Crippen LogP contribution >= 0.6 is 22.6 Å². The van der Waals surface area contributed by atoms with Crippen molar-refractivity contribution in [1.82, 2.24) is 19.5 Å². The van der Waals surface area contributed by atoms with Crippen LogP contribution in [-0.2, 0) is 12.0 Å². The average molecular weight is 570 g/mol. The minimum absolute atomic E-state index is 0.0482. The number of rotatable bonds is 5. The van der Waals surface area contributed by atoms with Crippen LogP contribution in [0.15, 0.2) is 36.4 Å². The number of hydrogen-bond donors (Lipinski definition) is 2. The van der Waals surface area contributed by atoms with E-state index in [1.807, 2.05) is 10.6 Å². The van der Waals surface area contributed by atoms with Gasteiger partial charge in [0.25, 0.3) is 6.01 Å². The van der Waals surface area contributed by atoms with E-state index in [1.165, 1.54) is 24.3 Å². The predicted octanol–water partition coefficient (Wildman–Crippen LogP) is 4.60. The molecule has 0 amide bonds. The van der Waals surface area contributed by atoms with E-state index >= 15 is 0 Å². The fourth-order valence-electron chi connectivity index (χ4n) is 4.06. The zero-order valence-corrected chi connectivity index (χ0v) is 20.6. The Morgan fingerprint density at radius 1 is 1.21 bits per heavy atom. The van der Waals surface area contributed by atoms with Gasteiger partial charge in [-0.2, -0.15) is 10.2 Å². The van der Waals surface area contributed by atoms with Crippen molar-refractivity contribution in [3.63, 3.8) is 0 Å². The largest absolute Gasteiger partial charge is 0.507 e. The first-order valence-electron chi connectivity index (χ1n) is 10.6. The van der Waals surface area contributed by atoms with Crippen molar-refractivity contribution in [3.8, 4) is 29.0 Å². The number of nitrogens with zero attached hydrogens (tertiary/aromatic N) is 5. The van der Waals surface area contributed by atoms with Crippen molar-refractivity contribution in [2.24, 2.45) is 0 Å². The highest BCUT2D eigenvalue weighted by Gasteiger charge is 2.36. The van der Waals surface area contributed by atoms with Gasteiger partial charge in [-0.3, -0.25) is 4.57 Å². The maximum atomic E-state index is 14.4. The fourth-order valence-corrected chi connectivity index (χ4v) is 4.53. The molecule has 0 bridgehead atoms. The van der Waals surface area contributed by atoms with E-state index in [9.17, 15) is 9.50 Å². The van der Waals surface area contributed by atoms with Crippen molar-refractivity contribution in [3.05, 3.63) is 57.2 Å². The zero-order chi connectivity index (χ0) is 24.0. The van der Waals surface area contributed by atoms with E-state index in [0.717, 1.165) is 11.2 Å². The van der Waals surface area contributed by atoms with E-state index in [-0.39, 0.29) is 16.9 Å². The molecule has 8 nitrogen and oxygen atoms in total. The number of phenolic OH excluding ortho intramolecular Hbond substituents is 1. The maximum Gasteiger partial charge on any atom is 0.299 e. The molecule has 2 aromatic heterocycles. The number of benzene rings is 2. The smallest absolute Gasteiger partial charge is 0.299 e. The Morgan fingerprint density at radius 2 is 2.03 bits per heavy atom. The van der Waals surface area contributed by atoms with Crippen LogP contribution in [0.5, 0.6) is 11.8 Å². The third-order valence-corrected chi connectivity index (χ3v) is 6.24. The van der Waals surface area contributed by atoms with Gasteiger partial charge in [0.2, 0.25) is 0 Å². The van der Waals surface area contributed by atoms with Crippen molar-refractivity contribution in [1.29, 1.82) is 5.26 Å². The molecule has 3 heterocycles. The van der Waals surface area contributed by atoms with Gasteiger partial charge >= 0.3 is 0 Å². The van der Waals surface area contributed by atoms with Crippen molar-refractivity contribution < 1.29 is 14.2 Å². The third kappa shape index (κ3) is 3.90. The molecule has 5 rings (SSSR count). The molecule has 172 valence electrons. The molecule has 4 aromatic rings. The lowest BCUT2D eigenvalue weighted by Crippen LogP contribution is -2.26. The standard InChI is InChI=1S/C24H20FIN6O2/c1-24(2)12-34-23-29-19-20(30-22(26)31-21(19)32(23)24)28-8-7-13-4-6-18(33)16(9-13)15-10-14(11-27)3-5-17(15)25/h3-6,9-10,33H,7-8,12H2,1-2H3,(H,28,30,31). The Hall–Kier alpha value is -3.46. The lowest BCUT2D eigenvalue weighted by Gasteiger charge is -2.18. The van der Waals surface area contributed by atoms with Crippen molar-refractivity contribution in [2.75, 3.05) is 18.5 Å². The minimum Gasteiger partial charge on any atom is -0.507 e. The summed E-state index contributed by atoms with van der Waals surface area (Å²) < 4.78 is 22.7. The van der Waals surface area contributed by atoms with E-state index in [4.69, 9.17) is 10.00 Å². The van der Waals surface area contributed by atoms with Crippen molar-refractivity contribution in [2.45, 2.75) is 25.8 Å². The summed E-state index contributed by atoms with van der Waals surface area (Å²) >= 11 is 2.08. The first-order valence-corrected chi connectivity index (χ1v) is 11.7. The molecule has 0 fully saturated rings. The number of anilines is 1. The summed E-state index contributed by atoms with van der Waals surface area (Å²) in [4.78, 5) is 13.7. The highest BCUT2D eigenvalue weighted by atomic mass is 127. The van der Waals surface area contributed by atoms with Gasteiger partial charge in [0.15, 0.2) is 20.8 Å². The number of halogens is 2. The van der Waals surface area contributed by atoms with Crippen molar-refractivity contribution >= 4 is 39.6 Å². The number of aromatic hydroxyl groups is 1. The molecule has 0 aliphatic carbocycles. The summed E-state index contributed by atoms with van der Waals surface area (Å²) in [5.41, 5.74) is 2.86. The number of fused-ring (bicyclic) bond motifs is 3. The highest BCUT2D eigenvalue weighted by molar-refractivity contribution is 14.1. The Labute approximate surface area is 208 Å². The van der Waals surface area contributed by atoms with E-state index in [0.29, 0.717) is 51.9 Å². The van der Waals surface area contributed by atoms with Gasteiger partial charge in [0.1, 0.15) is 18.2 Å². The molecule has 2 aromatic carbocycles. The summed E-state index contributed by atoms with van der Waals surface area (Å²) in [6, 6.07) is 11.7. The molecule has 1 aliphatic rings. The number of aromatic nitrogens is 4. The third-order valence-electron chi connectivity index (χ3n) is 5.76. The van der Waals surface area contributed by atoms with E-state index in [2.05, 4.69) is 56.7 Å². The maximum absolute atomic E-state index is 14.4. The monoisotopic (exact) mass is 570 g/mol. The summed E-state index contributed by atoms with van der Waals surface area (Å²) in [5.74, 6) is 0.0656. The molecular weight excluding hydrogens is 550 g/mol. The Balaban J connectivity index is 1.40. The predicted molar refractivity (Wildman–Crippen MR) is 133 cm³/mol. The Morgan fingerprint density at radius 3 is 2.82 bits per heavy atom. The van der Waals surface area contributed by atoms with Crippen LogP contribution in [0.1, 0.15) is 25.0 Å². The van der Waals surface area contributed by atoms with E-state index in [1.54, 1.807) is 12.1 Å². The number of phenols is 1. The van der Waals surface area contributed by atoms with Gasteiger partial charge < -0.3 is 15.2 Å². The molecule has 0 unspecified atom stereocenters. The summed E-state index contributed by atoms with van der Waals surface area (Å²) in [6.45, 7) is 5.21. The molecule has 0 saturated heterocycles. The second kappa shape index (κ2) is 8.39. The first kappa shape index (κ1) is 22.3. The second-order valence-electron chi connectivity index (χ2n) is 8.68. The van der Waals surface area contributed by atoms with Gasteiger partial charge in [-0.25, -0.2) is 14.4 Å². The lowest BCUT2D eigenvalue weighted by molar-refractivity contribution is 0.268. The fraction of sp³-hybridized carbons (Fsp3) is 0.250. The number of hydrogen-bond acceptors (Lipinski definition) is 7. The Kier molecular flexibility index (Phi) is 5.51. The van der Waals surface area contributed by atoms with Crippen LogP contribution in [0.3, 0.4) is 0 Å². The molecule has 0 spiro atoms. The number of nitriles is 1. The molecular formula is C24H20FIN6O2. The molecule has 10 heteroatoms. The molecule has 0 atom stereocenters. The number of imidazole rings is 1. The average Bonchev–Trinajstić information content (AvgIpc) is 3.32. The SMILES string of the molecule is CC1(C)COc2nc3c(NCCc4ccc(O)c(-c5cc(C#N)ccc5F)c4)nc(I)nc3n21. The second-order valence-corrected chi connectivity index (χ2v) is 9.64. The first-order chi connectivity index (χ1) is 16.3. The highest BCUT2D eigenvalue weighted by Crippen LogP contribution is 2.36. The van der Waals surface area contributed by atoms with Crippen LogP contribution in [0.4, 0.5) is 10.2 Å². The Bertz CT molecular complexity index is 1480. The minimum atomic E-state index is -0.500. The summed E-state index contributed by atoms with van der Waals surface area (Å²) in [5, 5.41) is 22.8.